The smallest absolute Gasteiger partial charge is 0.160 e. The van der Waals surface area contributed by atoms with Crippen LogP contribution in [0.1, 0.15) is 17.0 Å². The number of methoxy groups -OCH3 is 2. The lowest BCUT2D eigenvalue weighted by Gasteiger charge is -2.12. The molecule has 0 aliphatic carbocycles. The fourth-order valence-corrected chi connectivity index (χ4v) is 2.96. The van der Waals surface area contributed by atoms with Crippen LogP contribution in [0.2, 0.25) is 0 Å². The van der Waals surface area contributed by atoms with Crippen LogP contribution in [0, 0.1) is 13.8 Å². The molecule has 0 spiro atoms. The van der Waals surface area contributed by atoms with Gasteiger partial charge in [-0.1, -0.05) is 18.2 Å². The molecule has 28 heavy (non-hydrogen) atoms. The normalized spacial score (nSPS) is 10.4. The van der Waals surface area contributed by atoms with Crippen LogP contribution >= 0.6 is 0 Å². The Kier molecular flexibility index (Phi) is 6.32. The molecule has 0 aliphatic rings. The third-order valence-electron chi connectivity index (χ3n) is 4.30. The van der Waals surface area contributed by atoms with Gasteiger partial charge in [0.15, 0.2) is 11.5 Å². The van der Waals surface area contributed by atoms with Crippen LogP contribution in [-0.2, 0) is 6.42 Å². The van der Waals surface area contributed by atoms with Crippen molar-refractivity contribution in [1.82, 2.24) is 9.97 Å². The zero-order chi connectivity index (χ0) is 19.9. The number of hydrogen-bond acceptors (Lipinski definition) is 6. The summed E-state index contributed by atoms with van der Waals surface area (Å²) in [6.07, 6.45) is 0.837. The maximum Gasteiger partial charge on any atom is 0.160 e. The number of ether oxygens (including phenoxy) is 2. The monoisotopic (exact) mass is 378 g/mol. The van der Waals surface area contributed by atoms with Gasteiger partial charge >= 0.3 is 0 Å². The molecule has 0 atom stereocenters. The SMILES string of the molecule is COc1ccc(CCNc2cc(Nc3cccc(C)c3)nc(C)n2)cc1OC. The summed E-state index contributed by atoms with van der Waals surface area (Å²) in [5.74, 6) is 3.75. The summed E-state index contributed by atoms with van der Waals surface area (Å²) in [5.41, 5.74) is 3.37. The van der Waals surface area contributed by atoms with E-state index in [2.05, 4.69) is 39.7 Å². The number of rotatable bonds is 8. The molecular weight excluding hydrogens is 352 g/mol. The summed E-state index contributed by atoms with van der Waals surface area (Å²) < 4.78 is 10.6. The van der Waals surface area contributed by atoms with Crippen molar-refractivity contribution >= 4 is 17.3 Å². The Morgan fingerprint density at radius 2 is 1.64 bits per heavy atom. The van der Waals surface area contributed by atoms with Gasteiger partial charge in [0, 0.05) is 18.3 Å². The van der Waals surface area contributed by atoms with Crippen LogP contribution in [-0.4, -0.2) is 30.7 Å². The molecule has 2 aromatic carbocycles. The highest BCUT2D eigenvalue weighted by atomic mass is 16.5. The van der Waals surface area contributed by atoms with Crippen LogP contribution < -0.4 is 20.1 Å². The van der Waals surface area contributed by atoms with E-state index in [9.17, 15) is 0 Å². The van der Waals surface area contributed by atoms with Crippen LogP contribution in [0.3, 0.4) is 0 Å². The highest BCUT2D eigenvalue weighted by molar-refractivity contribution is 5.59. The Hall–Kier alpha value is -3.28. The minimum Gasteiger partial charge on any atom is -0.493 e. The number of aryl methyl sites for hydroxylation is 2. The van der Waals surface area contributed by atoms with Crippen molar-refractivity contribution in [3.8, 4) is 11.5 Å². The Morgan fingerprint density at radius 1 is 0.857 bits per heavy atom. The Labute approximate surface area is 166 Å². The predicted molar refractivity (Wildman–Crippen MR) is 113 cm³/mol. The Bertz CT molecular complexity index is 944. The van der Waals surface area contributed by atoms with Crippen molar-refractivity contribution in [2.75, 3.05) is 31.4 Å². The topological polar surface area (TPSA) is 68.3 Å². The van der Waals surface area contributed by atoms with Gasteiger partial charge < -0.3 is 20.1 Å². The zero-order valence-corrected chi connectivity index (χ0v) is 16.7. The molecule has 2 N–H and O–H groups in total. The van der Waals surface area contributed by atoms with Crippen molar-refractivity contribution in [2.45, 2.75) is 20.3 Å². The van der Waals surface area contributed by atoms with Gasteiger partial charge in [-0.05, 0) is 55.7 Å². The number of nitrogens with zero attached hydrogens (tertiary/aromatic N) is 2. The summed E-state index contributed by atoms with van der Waals surface area (Å²) in [6, 6.07) is 16.1. The molecule has 3 rings (SSSR count). The third-order valence-corrected chi connectivity index (χ3v) is 4.30. The largest absolute Gasteiger partial charge is 0.493 e. The summed E-state index contributed by atoms with van der Waals surface area (Å²) in [4.78, 5) is 8.95. The summed E-state index contributed by atoms with van der Waals surface area (Å²) in [7, 11) is 3.28. The van der Waals surface area contributed by atoms with Gasteiger partial charge in [0.25, 0.3) is 0 Å². The van der Waals surface area contributed by atoms with Gasteiger partial charge in [-0.25, -0.2) is 9.97 Å². The highest BCUT2D eigenvalue weighted by Crippen LogP contribution is 2.27. The molecule has 3 aromatic rings. The van der Waals surface area contributed by atoms with E-state index in [1.54, 1.807) is 14.2 Å². The molecule has 0 saturated carbocycles. The fourth-order valence-electron chi connectivity index (χ4n) is 2.96. The quantitative estimate of drug-likeness (QED) is 0.601. The van der Waals surface area contributed by atoms with E-state index >= 15 is 0 Å². The highest BCUT2D eigenvalue weighted by Gasteiger charge is 2.06. The molecule has 1 aromatic heterocycles. The number of benzene rings is 2. The number of nitrogens with one attached hydrogen (secondary N) is 2. The van der Waals surface area contributed by atoms with Crippen LogP contribution in [0.25, 0.3) is 0 Å². The maximum atomic E-state index is 5.36. The van der Waals surface area contributed by atoms with E-state index in [0.29, 0.717) is 5.82 Å². The number of hydrogen-bond donors (Lipinski definition) is 2. The van der Waals surface area contributed by atoms with E-state index in [4.69, 9.17) is 9.47 Å². The number of anilines is 3. The predicted octanol–water partition coefficient (Wildman–Crippen LogP) is 4.51. The lowest BCUT2D eigenvalue weighted by Crippen LogP contribution is -2.08. The standard InChI is InChI=1S/C22H26N4O2/c1-15-6-5-7-18(12-15)26-22-14-21(24-16(2)25-22)23-11-10-17-8-9-19(27-3)20(13-17)28-4/h5-9,12-14H,10-11H2,1-4H3,(H2,23,24,25,26). The molecule has 0 aliphatic heterocycles. The average molecular weight is 378 g/mol. The first kappa shape index (κ1) is 19.5. The Balaban J connectivity index is 1.64. The lowest BCUT2D eigenvalue weighted by atomic mass is 10.1. The molecular formula is C22H26N4O2. The van der Waals surface area contributed by atoms with Gasteiger partial charge in [-0.2, -0.15) is 0 Å². The van der Waals surface area contributed by atoms with Crippen molar-refractivity contribution < 1.29 is 9.47 Å². The molecule has 1 heterocycles. The molecule has 0 bridgehead atoms. The number of aromatic nitrogens is 2. The van der Waals surface area contributed by atoms with Gasteiger partial charge in [0.1, 0.15) is 17.5 Å². The second-order valence-corrected chi connectivity index (χ2v) is 6.55. The minimum atomic E-state index is 0.714. The molecule has 0 saturated heterocycles. The van der Waals surface area contributed by atoms with Crippen molar-refractivity contribution in [1.29, 1.82) is 0 Å². The zero-order valence-electron chi connectivity index (χ0n) is 16.7. The summed E-state index contributed by atoms with van der Waals surface area (Å²) >= 11 is 0. The summed E-state index contributed by atoms with van der Waals surface area (Å²) in [6.45, 7) is 4.70. The van der Waals surface area contributed by atoms with Crippen molar-refractivity contribution in [3.63, 3.8) is 0 Å². The first-order valence-electron chi connectivity index (χ1n) is 9.21. The third kappa shape index (κ3) is 5.13. The maximum absolute atomic E-state index is 5.36. The minimum absolute atomic E-state index is 0.714. The van der Waals surface area contributed by atoms with E-state index in [-0.39, 0.29) is 0 Å². The molecule has 6 nitrogen and oxygen atoms in total. The molecule has 146 valence electrons. The van der Waals surface area contributed by atoms with Crippen molar-refractivity contribution in [3.05, 3.63) is 65.5 Å². The second-order valence-electron chi connectivity index (χ2n) is 6.55. The molecule has 0 fully saturated rings. The average Bonchev–Trinajstić information content (AvgIpc) is 2.67. The fraction of sp³-hybridized carbons (Fsp3) is 0.273. The second kappa shape index (κ2) is 9.08. The van der Waals surface area contributed by atoms with E-state index in [1.165, 1.54) is 5.56 Å². The van der Waals surface area contributed by atoms with Crippen LogP contribution in [0.5, 0.6) is 11.5 Å². The van der Waals surface area contributed by atoms with Gasteiger partial charge in [-0.15, -0.1) is 0 Å². The first-order valence-corrected chi connectivity index (χ1v) is 9.21. The van der Waals surface area contributed by atoms with E-state index < -0.39 is 0 Å². The van der Waals surface area contributed by atoms with Crippen LogP contribution in [0.4, 0.5) is 17.3 Å². The van der Waals surface area contributed by atoms with Crippen LogP contribution in [0.15, 0.2) is 48.5 Å². The van der Waals surface area contributed by atoms with Crippen molar-refractivity contribution in [2.24, 2.45) is 0 Å². The molecule has 0 amide bonds. The summed E-state index contributed by atoms with van der Waals surface area (Å²) in [5, 5.41) is 6.71. The van der Waals surface area contributed by atoms with E-state index in [0.717, 1.165) is 47.4 Å². The van der Waals surface area contributed by atoms with Gasteiger partial charge in [0.05, 0.1) is 14.2 Å². The molecule has 6 heteroatoms. The first-order chi connectivity index (χ1) is 13.6. The molecule has 0 unspecified atom stereocenters. The van der Waals surface area contributed by atoms with Gasteiger partial charge in [-0.3, -0.25) is 0 Å². The molecule has 0 radical (unpaired) electrons. The van der Waals surface area contributed by atoms with E-state index in [1.807, 2.05) is 43.3 Å². The van der Waals surface area contributed by atoms with Gasteiger partial charge in [0.2, 0.25) is 0 Å². The Morgan fingerprint density at radius 3 is 2.39 bits per heavy atom. The lowest BCUT2D eigenvalue weighted by molar-refractivity contribution is 0.354.